The number of hydrogen-bond acceptors (Lipinski definition) is 1. The van der Waals surface area contributed by atoms with E-state index in [1.54, 1.807) is 0 Å². The van der Waals surface area contributed by atoms with E-state index in [0.29, 0.717) is 0 Å². The van der Waals surface area contributed by atoms with Gasteiger partial charge in [-0.2, -0.15) is 0 Å². The first kappa shape index (κ1) is 79.3. The topological polar surface area (TPSA) is 66.5 Å². The minimum atomic E-state index is 0. The molecule has 24 valence electrons. The SMILES string of the molecule is N.O.[Hf].[Si]. The quantitative estimate of drug-likeness (QED) is 0.541. The standard InChI is InChI=1S/Hf.H3N.H2O.Si/h;1H3;1H2;. The molecular formula is H5HfNOSi. The molecule has 0 spiro atoms. The van der Waals surface area contributed by atoms with E-state index in [-0.39, 0.29) is 48.4 Å². The van der Waals surface area contributed by atoms with Crippen LogP contribution in [-0.2, 0) is 25.8 Å². The van der Waals surface area contributed by atoms with Crippen LogP contribution in [0.15, 0.2) is 0 Å². The summed E-state index contributed by atoms with van der Waals surface area (Å²) in [5.41, 5.74) is 0. The van der Waals surface area contributed by atoms with Crippen LogP contribution in [-0.4, -0.2) is 16.4 Å². The molecule has 5 N–H and O–H groups in total. The van der Waals surface area contributed by atoms with Crippen LogP contribution in [0.5, 0.6) is 0 Å². The normalized spacial score (nSPS) is 0. The van der Waals surface area contributed by atoms with Gasteiger partial charge in [0.15, 0.2) is 0 Å². The molecule has 0 aromatic rings. The second-order valence-electron chi connectivity index (χ2n) is 0. The molecule has 0 atom stereocenters. The second-order valence-corrected chi connectivity index (χ2v) is 0. The van der Waals surface area contributed by atoms with Crippen LogP contribution >= 0.6 is 0 Å². The summed E-state index contributed by atoms with van der Waals surface area (Å²) in [5.74, 6) is 0. The fourth-order valence-corrected chi connectivity index (χ4v) is 0. The molecule has 0 fully saturated rings. The van der Waals surface area contributed by atoms with Crippen LogP contribution in [0, 0.1) is 0 Å². The van der Waals surface area contributed by atoms with Gasteiger partial charge in [-0.3, -0.25) is 0 Å². The first-order valence-corrected chi connectivity index (χ1v) is 0. The van der Waals surface area contributed by atoms with Gasteiger partial charge in [0, 0.05) is 36.8 Å². The first-order chi connectivity index (χ1) is 0. The smallest absolute Gasteiger partial charge is 0 e. The zero-order chi connectivity index (χ0) is 0. The van der Waals surface area contributed by atoms with Gasteiger partial charge in [-0.1, -0.05) is 0 Å². The molecular weight excluding hydrogens is 237 g/mol. The van der Waals surface area contributed by atoms with Crippen molar-refractivity contribution in [3.8, 4) is 0 Å². The molecule has 0 saturated carbocycles. The molecule has 4 heavy (non-hydrogen) atoms. The maximum atomic E-state index is 0. The molecule has 0 aromatic heterocycles. The number of rotatable bonds is 0. The maximum absolute atomic E-state index is 0. The predicted molar refractivity (Wildman–Crippen MR) is 14.4 cm³/mol. The van der Waals surface area contributed by atoms with E-state index in [2.05, 4.69) is 0 Å². The van der Waals surface area contributed by atoms with Gasteiger partial charge in [0.2, 0.25) is 0 Å². The first-order valence-electron chi connectivity index (χ1n) is 0. The van der Waals surface area contributed by atoms with E-state index >= 15 is 0 Å². The Hall–Kier alpha value is 1.01. The summed E-state index contributed by atoms with van der Waals surface area (Å²) in [6, 6.07) is 0. The van der Waals surface area contributed by atoms with Gasteiger partial charge >= 0.3 is 0 Å². The van der Waals surface area contributed by atoms with Crippen LogP contribution in [0.4, 0.5) is 0 Å². The van der Waals surface area contributed by atoms with Gasteiger partial charge < -0.3 is 11.6 Å². The van der Waals surface area contributed by atoms with Crippen molar-refractivity contribution in [2.75, 3.05) is 0 Å². The summed E-state index contributed by atoms with van der Waals surface area (Å²) in [5, 5.41) is 0. The zero-order valence-corrected chi connectivity index (χ0v) is 6.80. The van der Waals surface area contributed by atoms with Crippen molar-refractivity contribution in [1.82, 2.24) is 6.15 Å². The van der Waals surface area contributed by atoms with Crippen molar-refractivity contribution in [2.24, 2.45) is 0 Å². The van der Waals surface area contributed by atoms with Crippen LogP contribution in [0.1, 0.15) is 0 Å². The summed E-state index contributed by atoms with van der Waals surface area (Å²) in [4.78, 5) is 0. The van der Waals surface area contributed by atoms with E-state index in [9.17, 15) is 0 Å². The Morgan fingerprint density at radius 3 is 1.00 bits per heavy atom. The molecule has 0 bridgehead atoms. The van der Waals surface area contributed by atoms with Crippen LogP contribution in [0.25, 0.3) is 0 Å². The summed E-state index contributed by atoms with van der Waals surface area (Å²) >= 11 is 0. The molecule has 4 heteroatoms. The Balaban J connectivity index is 0. The van der Waals surface area contributed by atoms with Crippen molar-refractivity contribution in [3.05, 3.63) is 0 Å². The van der Waals surface area contributed by atoms with Gasteiger partial charge in [-0.05, 0) is 0 Å². The molecule has 0 aromatic carbocycles. The predicted octanol–water partition coefficient (Wildman–Crippen LogP) is -1.05. The molecule has 2 nitrogen and oxygen atoms in total. The van der Waals surface area contributed by atoms with Crippen molar-refractivity contribution in [2.45, 2.75) is 0 Å². The third-order valence-corrected chi connectivity index (χ3v) is 0. The minimum absolute atomic E-state index is 0. The van der Waals surface area contributed by atoms with Gasteiger partial charge in [-0.25, -0.2) is 0 Å². The van der Waals surface area contributed by atoms with Crippen LogP contribution < -0.4 is 6.15 Å². The molecule has 0 saturated heterocycles. The molecule has 0 aliphatic carbocycles. The van der Waals surface area contributed by atoms with E-state index in [1.807, 2.05) is 0 Å². The molecule has 0 heterocycles. The summed E-state index contributed by atoms with van der Waals surface area (Å²) in [7, 11) is 0. The Morgan fingerprint density at radius 1 is 1.00 bits per heavy atom. The number of hydrogen-bond donors (Lipinski definition) is 1. The van der Waals surface area contributed by atoms with E-state index in [1.165, 1.54) is 0 Å². The third-order valence-electron chi connectivity index (χ3n) is 0. The van der Waals surface area contributed by atoms with Crippen molar-refractivity contribution in [1.29, 1.82) is 0 Å². The fraction of sp³-hybridized carbons (Fsp3) is 0. The molecule has 0 aliphatic heterocycles. The maximum Gasteiger partial charge on any atom is 0 e. The summed E-state index contributed by atoms with van der Waals surface area (Å²) < 4.78 is 0. The van der Waals surface area contributed by atoms with Gasteiger partial charge in [0.05, 0.1) is 0 Å². The van der Waals surface area contributed by atoms with Crippen LogP contribution in [0.2, 0.25) is 0 Å². The Morgan fingerprint density at radius 2 is 1.00 bits per heavy atom. The Labute approximate surface area is 48.7 Å². The van der Waals surface area contributed by atoms with Crippen molar-refractivity contribution in [3.63, 3.8) is 0 Å². The molecule has 0 unspecified atom stereocenters. The monoisotopic (exact) mass is 243 g/mol. The Kier molecular flexibility index (Phi) is 708. The Bertz CT molecular complexity index is 8.00. The zero-order valence-electron chi connectivity index (χ0n) is 2.21. The fourth-order valence-electron chi connectivity index (χ4n) is 0. The average molecular weight is 242 g/mol. The average Bonchev–Trinajstić information content (AvgIpc) is 0. The molecule has 4 radical (unpaired) electrons. The summed E-state index contributed by atoms with van der Waals surface area (Å²) in [6.07, 6.45) is 0. The minimum Gasteiger partial charge on any atom is -0.412 e. The van der Waals surface area contributed by atoms with E-state index < -0.39 is 0 Å². The van der Waals surface area contributed by atoms with Gasteiger partial charge in [0.1, 0.15) is 0 Å². The molecule has 0 aliphatic rings. The van der Waals surface area contributed by atoms with E-state index in [4.69, 9.17) is 0 Å². The van der Waals surface area contributed by atoms with Gasteiger partial charge in [-0.15, -0.1) is 0 Å². The van der Waals surface area contributed by atoms with Crippen molar-refractivity contribution >= 4 is 11.0 Å². The summed E-state index contributed by atoms with van der Waals surface area (Å²) in [6.45, 7) is 0. The van der Waals surface area contributed by atoms with Crippen molar-refractivity contribution < 1.29 is 31.3 Å². The molecule has 0 rings (SSSR count). The largest absolute Gasteiger partial charge is 0.412 e. The van der Waals surface area contributed by atoms with Crippen LogP contribution in [0.3, 0.4) is 0 Å². The van der Waals surface area contributed by atoms with E-state index in [0.717, 1.165) is 0 Å². The second kappa shape index (κ2) is 35.7. The molecule has 0 amide bonds. The third kappa shape index (κ3) is 11.9. The van der Waals surface area contributed by atoms with Gasteiger partial charge in [0.25, 0.3) is 0 Å².